The van der Waals surface area contributed by atoms with Gasteiger partial charge in [0.25, 0.3) is 11.8 Å². The number of nitrogen functional groups attached to an aromatic ring is 1. The van der Waals surface area contributed by atoms with Crippen molar-refractivity contribution in [3.05, 3.63) is 47.9 Å². The lowest BCUT2D eigenvalue weighted by atomic mass is 10.1. The molecule has 7 nitrogen and oxygen atoms in total. The standard InChI is InChI=1S/C16H19N5O2/c1-3-21(4-2)16(23)11-6-5-7-12(10-11)20-15(22)13-14(17)19-9-8-18-13/h5-10H,3-4H2,1-2H3,(H2,17,19)(H,20,22). The summed E-state index contributed by atoms with van der Waals surface area (Å²) in [7, 11) is 0. The first-order valence-corrected chi connectivity index (χ1v) is 7.34. The molecule has 0 fully saturated rings. The molecule has 0 unspecified atom stereocenters. The minimum Gasteiger partial charge on any atom is -0.382 e. The van der Waals surface area contributed by atoms with Crippen LogP contribution < -0.4 is 11.1 Å². The minimum absolute atomic E-state index is 0.0490. The van der Waals surface area contributed by atoms with Gasteiger partial charge in [-0.1, -0.05) is 6.07 Å². The summed E-state index contributed by atoms with van der Waals surface area (Å²) in [6.45, 7) is 5.10. The molecule has 1 heterocycles. The van der Waals surface area contributed by atoms with E-state index in [-0.39, 0.29) is 17.4 Å². The molecule has 0 saturated heterocycles. The molecule has 0 atom stereocenters. The highest BCUT2D eigenvalue weighted by Crippen LogP contribution is 2.15. The molecule has 0 aliphatic carbocycles. The van der Waals surface area contributed by atoms with Crippen molar-refractivity contribution in [2.75, 3.05) is 24.1 Å². The SMILES string of the molecule is CCN(CC)C(=O)c1cccc(NC(=O)c2nccnc2N)c1. The van der Waals surface area contributed by atoms with E-state index in [2.05, 4.69) is 15.3 Å². The number of hydrogen-bond donors (Lipinski definition) is 2. The fourth-order valence-electron chi connectivity index (χ4n) is 2.14. The monoisotopic (exact) mass is 313 g/mol. The molecule has 0 bridgehead atoms. The Morgan fingerprint density at radius 1 is 1.17 bits per heavy atom. The van der Waals surface area contributed by atoms with E-state index in [1.54, 1.807) is 29.2 Å². The Kier molecular flexibility index (Phi) is 5.24. The van der Waals surface area contributed by atoms with Gasteiger partial charge < -0.3 is 16.0 Å². The average molecular weight is 313 g/mol. The quantitative estimate of drug-likeness (QED) is 0.876. The van der Waals surface area contributed by atoms with Gasteiger partial charge in [0.2, 0.25) is 0 Å². The number of nitrogens with one attached hydrogen (secondary N) is 1. The lowest BCUT2D eigenvalue weighted by molar-refractivity contribution is 0.0772. The van der Waals surface area contributed by atoms with Gasteiger partial charge in [0.15, 0.2) is 11.5 Å². The van der Waals surface area contributed by atoms with Crippen LogP contribution in [0, 0.1) is 0 Å². The largest absolute Gasteiger partial charge is 0.382 e. The molecule has 0 aliphatic heterocycles. The number of aromatic nitrogens is 2. The summed E-state index contributed by atoms with van der Waals surface area (Å²) in [6.07, 6.45) is 2.81. The van der Waals surface area contributed by atoms with Crippen LogP contribution in [0.3, 0.4) is 0 Å². The molecular weight excluding hydrogens is 294 g/mol. The van der Waals surface area contributed by atoms with Crippen molar-refractivity contribution in [3.8, 4) is 0 Å². The Hall–Kier alpha value is -2.96. The van der Waals surface area contributed by atoms with E-state index in [9.17, 15) is 9.59 Å². The summed E-state index contributed by atoms with van der Waals surface area (Å²) in [5, 5.41) is 2.68. The van der Waals surface area contributed by atoms with Gasteiger partial charge in [-0.05, 0) is 32.0 Å². The first-order chi connectivity index (χ1) is 11.1. The maximum absolute atomic E-state index is 12.3. The van der Waals surface area contributed by atoms with Crippen LogP contribution in [0.5, 0.6) is 0 Å². The molecule has 2 amide bonds. The summed E-state index contributed by atoms with van der Waals surface area (Å²) in [5.41, 5.74) is 6.69. The number of carbonyl (C=O) groups is 2. The van der Waals surface area contributed by atoms with Crippen molar-refractivity contribution >= 4 is 23.3 Å². The number of amides is 2. The van der Waals surface area contributed by atoms with Gasteiger partial charge >= 0.3 is 0 Å². The van der Waals surface area contributed by atoms with E-state index in [4.69, 9.17) is 5.73 Å². The van der Waals surface area contributed by atoms with Crippen molar-refractivity contribution in [1.29, 1.82) is 0 Å². The van der Waals surface area contributed by atoms with Crippen LogP contribution in [0.2, 0.25) is 0 Å². The molecular formula is C16H19N5O2. The first-order valence-electron chi connectivity index (χ1n) is 7.34. The summed E-state index contributed by atoms with van der Waals surface area (Å²) in [4.78, 5) is 34.0. The number of nitrogens with two attached hydrogens (primary N) is 1. The van der Waals surface area contributed by atoms with Gasteiger partial charge in [0.1, 0.15) is 0 Å². The molecule has 0 radical (unpaired) electrons. The lowest BCUT2D eigenvalue weighted by Crippen LogP contribution is -2.30. The predicted molar refractivity (Wildman–Crippen MR) is 88.1 cm³/mol. The zero-order valence-electron chi connectivity index (χ0n) is 13.1. The van der Waals surface area contributed by atoms with Gasteiger partial charge in [0.05, 0.1) is 0 Å². The molecule has 3 N–H and O–H groups in total. The van der Waals surface area contributed by atoms with E-state index in [0.29, 0.717) is 24.3 Å². The maximum Gasteiger partial charge on any atom is 0.278 e. The second-order valence-electron chi connectivity index (χ2n) is 4.80. The van der Waals surface area contributed by atoms with Crippen molar-refractivity contribution in [2.24, 2.45) is 0 Å². The minimum atomic E-state index is -0.469. The molecule has 1 aromatic heterocycles. The van der Waals surface area contributed by atoms with Crippen LogP contribution in [-0.4, -0.2) is 39.8 Å². The fourth-order valence-corrected chi connectivity index (χ4v) is 2.14. The molecule has 2 aromatic rings. The van der Waals surface area contributed by atoms with Crippen molar-refractivity contribution < 1.29 is 9.59 Å². The van der Waals surface area contributed by atoms with Gasteiger partial charge in [-0.15, -0.1) is 0 Å². The van der Waals surface area contributed by atoms with E-state index in [1.807, 2.05) is 13.8 Å². The Labute approximate surface area is 134 Å². The number of anilines is 2. The van der Waals surface area contributed by atoms with Gasteiger partial charge in [-0.25, -0.2) is 9.97 Å². The van der Waals surface area contributed by atoms with Crippen molar-refractivity contribution in [2.45, 2.75) is 13.8 Å². The second kappa shape index (κ2) is 7.35. The number of carbonyl (C=O) groups excluding carboxylic acids is 2. The molecule has 7 heteroatoms. The Balaban J connectivity index is 2.19. The zero-order valence-corrected chi connectivity index (χ0v) is 13.1. The zero-order chi connectivity index (χ0) is 16.8. The van der Waals surface area contributed by atoms with E-state index >= 15 is 0 Å². The van der Waals surface area contributed by atoms with Crippen LogP contribution in [0.25, 0.3) is 0 Å². The molecule has 0 aliphatic rings. The van der Waals surface area contributed by atoms with E-state index in [1.165, 1.54) is 12.4 Å². The number of rotatable bonds is 5. The highest BCUT2D eigenvalue weighted by atomic mass is 16.2. The predicted octanol–water partition coefficient (Wildman–Crippen LogP) is 1.79. The molecule has 120 valence electrons. The Bertz CT molecular complexity index is 713. The third kappa shape index (κ3) is 3.82. The van der Waals surface area contributed by atoms with Gasteiger partial charge in [0, 0.05) is 36.7 Å². The highest BCUT2D eigenvalue weighted by Gasteiger charge is 2.15. The van der Waals surface area contributed by atoms with Crippen LogP contribution in [0.4, 0.5) is 11.5 Å². The number of hydrogen-bond acceptors (Lipinski definition) is 5. The van der Waals surface area contributed by atoms with E-state index in [0.717, 1.165) is 0 Å². The number of nitrogens with zero attached hydrogens (tertiary/aromatic N) is 3. The normalized spacial score (nSPS) is 10.2. The van der Waals surface area contributed by atoms with Crippen molar-refractivity contribution in [1.82, 2.24) is 14.9 Å². The van der Waals surface area contributed by atoms with Crippen LogP contribution >= 0.6 is 0 Å². The Morgan fingerprint density at radius 2 is 1.87 bits per heavy atom. The van der Waals surface area contributed by atoms with E-state index < -0.39 is 5.91 Å². The fraction of sp³-hybridized carbons (Fsp3) is 0.250. The van der Waals surface area contributed by atoms with Crippen LogP contribution in [0.1, 0.15) is 34.7 Å². The molecule has 23 heavy (non-hydrogen) atoms. The van der Waals surface area contributed by atoms with Gasteiger partial charge in [-0.3, -0.25) is 9.59 Å². The Morgan fingerprint density at radius 3 is 2.52 bits per heavy atom. The second-order valence-corrected chi connectivity index (χ2v) is 4.80. The first kappa shape index (κ1) is 16.4. The third-order valence-electron chi connectivity index (χ3n) is 3.36. The van der Waals surface area contributed by atoms with Gasteiger partial charge in [-0.2, -0.15) is 0 Å². The summed E-state index contributed by atoms with van der Waals surface area (Å²) in [5.74, 6) is -0.492. The number of benzene rings is 1. The van der Waals surface area contributed by atoms with Crippen molar-refractivity contribution in [3.63, 3.8) is 0 Å². The summed E-state index contributed by atoms with van der Waals surface area (Å²) in [6, 6.07) is 6.76. The maximum atomic E-state index is 12.3. The summed E-state index contributed by atoms with van der Waals surface area (Å²) < 4.78 is 0. The lowest BCUT2D eigenvalue weighted by Gasteiger charge is -2.19. The smallest absolute Gasteiger partial charge is 0.278 e. The van der Waals surface area contributed by atoms with Crippen LogP contribution in [0.15, 0.2) is 36.7 Å². The molecule has 0 spiro atoms. The van der Waals surface area contributed by atoms with Crippen LogP contribution in [-0.2, 0) is 0 Å². The highest BCUT2D eigenvalue weighted by molar-refractivity contribution is 6.06. The third-order valence-corrected chi connectivity index (χ3v) is 3.36. The molecule has 2 rings (SSSR count). The average Bonchev–Trinajstić information content (AvgIpc) is 2.56. The molecule has 0 saturated carbocycles. The topological polar surface area (TPSA) is 101 Å². The molecule has 1 aromatic carbocycles. The summed E-state index contributed by atoms with van der Waals surface area (Å²) >= 11 is 0.